The quantitative estimate of drug-likeness (QED) is 0.559. The number of nitrogens with zero attached hydrogens (tertiary/aromatic N) is 1. The molecule has 0 fully saturated rings. The molecule has 110 valence electrons. The predicted molar refractivity (Wildman–Crippen MR) is 99.0 cm³/mol. The summed E-state index contributed by atoms with van der Waals surface area (Å²) >= 11 is 5.30. The highest BCUT2D eigenvalue weighted by Gasteiger charge is 2.06. The standard InChI is InChI=1S/C18H20BrNS/c1-4-7-14(5-2)15-8-6-9-16(12-15)20(3)13-17-10-11-18(19)21-17/h4,6-12H,1,5,13H2,2-3H3/b14-7+. The molecule has 0 saturated heterocycles. The highest BCUT2D eigenvalue weighted by atomic mass is 79.9. The fourth-order valence-electron chi connectivity index (χ4n) is 2.27. The Bertz CT molecular complexity index is 642. The molecular weight excluding hydrogens is 342 g/mol. The molecule has 1 aromatic carbocycles. The molecule has 0 aliphatic carbocycles. The molecule has 0 radical (unpaired) electrons. The van der Waals surface area contributed by atoms with Crippen molar-refractivity contribution in [2.45, 2.75) is 19.9 Å². The van der Waals surface area contributed by atoms with Gasteiger partial charge in [0.1, 0.15) is 0 Å². The summed E-state index contributed by atoms with van der Waals surface area (Å²) in [5.74, 6) is 0. The SMILES string of the molecule is C=C/C=C(\CC)c1cccc(N(C)Cc2ccc(Br)s2)c1. The van der Waals surface area contributed by atoms with Crippen molar-refractivity contribution in [1.29, 1.82) is 0 Å². The smallest absolute Gasteiger partial charge is 0.0702 e. The minimum Gasteiger partial charge on any atom is -0.369 e. The molecule has 0 N–H and O–H groups in total. The Morgan fingerprint density at radius 2 is 2.14 bits per heavy atom. The van der Waals surface area contributed by atoms with Crippen LogP contribution in [0.15, 0.2) is 58.9 Å². The first-order valence-corrected chi connectivity index (χ1v) is 8.62. The second-order valence-electron chi connectivity index (χ2n) is 4.89. The zero-order chi connectivity index (χ0) is 15.2. The van der Waals surface area contributed by atoms with Crippen molar-refractivity contribution < 1.29 is 0 Å². The Labute approximate surface area is 139 Å². The number of hydrogen-bond acceptors (Lipinski definition) is 2. The predicted octanol–water partition coefficient (Wildman–Crippen LogP) is 6.13. The average Bonchev–Trinajstić information content (AvgIpc) is 2.90. The van der Waals surface area contributed by atoms with Crippen molar-refractivity contribution in [3.05, 3.63) is 69.4 Å². The van der Waals surface area contributed by atoms with Gasteiger partial charge in [-0.05, 0) is 57.8 Å². The normalized spacial score (nSPS) is 11.5. The fraction of sp³-hybridized carbons (Fsp3) is 0.222. The van der Waals surface area contributed by atoms with Gasteiger partial charge in [-0.1, -0.05) is 37.8 Å². The number of thiophene rings is 1. The third-order valence-electron chi connectivity index (χ3n) is 3.38. The molecule has 0 aliphatic heterocycles. The van der Waals surface area contributed by atoms with Crippen molar-refractivity contribution in [3.8, 4) is 0 Å². The van der Waals surface area contributed by atoms with Crippen molar-refractivity contribution in [3.63, 3.8) is 0 Å². The first kappa shape index (κ1) is 16.1. The van der Waals surface area contributed by atoms with Crippen LogP contribution >= 0.6 is 27.3 Å². The maximum atomic E-state index is 3.80. The Hall–Kier alpha value is -1.32. The number of anilines is 1. The van der Waals surface area contributed by atoms with E-state index < -0.39 is 0 Å². The summed E-state index contributed by atoms with van der Waals surface area (Å²) < 4.78 is 1.18. The Kier molecular flexibility index (Phi) is 5.83. The molecular formula is C18H20BrNS. The molecule has 2 aromatic rings. The molecule has 0 unspecified atom stereocenters. The minimum atomic E-state index is 0.923. The molecule has 21 heavy (non-hydrogen) atoms. The van der Waals surface area contributed by atoms with E-state index in [9.17, 15) is 0 Å². The maximum Gasteiger partial charge on any atom is 0.0702 e. The molecule has 0 saturated carbocycles. The molecule has 1 heterocycles. The molecule has 3 heteroatoms. The summed E-state index contributed by atoms with van der Waals surface area (Å²) in [7, 11) is 2.13. The van der Waals surface area contributed by atoms with Gasteiger partial charge in [-0.15, -0.1) is 11.3 Å². The first-order valence-electron chi connectivity index (χ1n) is 7.01. The third kappa shape index (κ3) is 4.32. The lowest BCUT2D eigenvalue weighted by atomic mass is 10.0. The topological polar surface area (TPSA) is 3.24 Å². The van der Waals surface area contributed by atoms with Crippen molar-refractivity contribution in [2.75, 3.05) is 11.9 Å². The van der Waals surface area contributed by atoms with Gasteiger partial charge in [-0.2, -0.15) is 0 Å². The summed E-state index contributed by atoms with van der Waals surface area (Å²) in [5.41, 5.74) is 3.83. The van der Waals surface area contributed by atoms with Gasteiger partial charge in [0.15, 0.2) is 0 Å². The van der Waals surface area contributed by atoms with Gasteiger partial charge in [0, 0.05) is 17.6 Å². The largest absolute Gasteiger partial charge is 0.369 e. The lowest BCUT2D eigenvalue weighted by Gasteiger charge is -2.19. The zero-order valence-corrected chi connectivity index (χ0v) is 14.9. The van der Waals surface area contributed by atoms with E-state index in [1.54, 1.807) is 11.3 Å². The second kappa shape index (κ2) is 7.62. The number of rotatable bonds is 6. The van der Waals surface area contributed by atoms with E-state index in [-0.39, 0.29) is 0 Å². The number of halogens is 1. The van der Waals surface area contributed by atoms with E-state index in [1.165, 1.54) is 25.5 Å². The van der Waals surface area contributed by atoms with Gasteiger partial charge in [0.25, 0.3) is 0 Å². The first-order chi connectivity index (χ1) is 10.1. The van der Waals surface area contributed by atoms with E-state index in [0.29, 0.717) is 0 Å². The molecule has 2 rings (SSSR count). The van der Waals surface area contributed by atoms with Crippen LogP contribution in [0.2, 0.25) is 0 Å². The van der Waals surface area contributed by atoms with Gasteiger partial charge in [-0.25, -0.2) is 0 Å². The maximum absolute atomic E-state index is 3.80. The minimum absolute atomic E-state index is 0.923. The monoisotopic (exact) mass is 361 g/mol. The molecule has 1 aromatic heterocycles. The van der Waals surface area contributed by atoms with E-state index in [1.807, 2.05) is 6.08 Å². The lowest BCUT2D eigenvalue weighted by Crippen LogP contribution is -2.15. The fourth-order valence-corrected chi connectivity index (χ4v) is 3.80. The summed E-state index contributed by atoms with van der Waals surface area (Å²) in [6.07, 6.45) is 4.96. The van der Waals surface area contributed by atoms with Crippen LogP contribution < -0.4 is 4.90 Å². The van der Waals surface area contributed by atoms with Crippen LogP contribution in [-0.2, 0) is 6.54 Å². The van der Waals surface area contributed by atoms with Gasteiger partial charge in [0.2, 0.25) is 0 Å². The Balaban J connectivity index is 2.20. The second-order valence-corrected chi connectivity index (χ2v) is 7.44. The molecule has 0 amide bonds. The van der Waals surface area contributed by atoms with Crippen LogP contribution in [0, 0.1) is 0 Å². The molecule has 0 atom stereocenters. The zero-order valence-electron chi connectivity index (χ0n) is 12.5. The van der Waals surface area contributed by atoms with Crippen molar-refractivity contribution in [1.82, 2.24) is 0 Å². The van der Waals surface area contributed by atoms with E-state index in [4.69, 9.17) is 0 Å². The molecule has 0 spiro atoms. The van der Waals surface area contributed by atoms with Crippen LogP contribution in [0.3, 0.4) is 0 Å². The van der Waals surface area contributed by atoms with E-state index in [2.05, 4.69) is 83.9 Å². The molecule has 0 bridgehead atoms. The Morgan fingerprint density at radius 1 is 1.33 bits per heavy atom. The van der Waals surface area contributed by atoms with Gasteiger partial charge in [-0.3, -0.25) is 0 Å². The van der Waals surface area contributed by atoms with Crippen LogP contribution in [0.25, 0.3) is 5.57 Å². The third-order valence-corrected chi connectivity index (χ3v) is 4.99. The van der Waals surface area contributed by atoms with Crippen molar-refractivity contribution >= 4 is 38.5 Å². The highest BCUT2D eigenvalue weighted by Crippen LogP contribution is 2.27. The average molecular weight is 362 g/mol. The van der Waals surface area contributed by atoms with E-state index >= 15 is 0 Å². The molecule has 0 aliphatic rings. The summed E-state index contributed by atoms with van der Waals surface area (Å²) in [5, 5.41) is 0. The number of hydrogen-bond donors (Lipinski definition) is 0. The summed E-state index contributed by atoms with van der Waals surface area (Å²) in [6, 6.07) is 13.0. The van der Waals surface area contributed by atoms with Crippen LogP contribution in [-0.4, -0.2) is 7.05 Å². The highest BCUT2D eigenvalue weighted by molar-refractivity contribution is 9.11. The van der Waals surface area contributed by atoms with Gasteiger partial charge < -0.3 is 4.90 Å². The van der Waals surface area contributed by atoms with Gasteiger partial charge >= 0.3 is 0 Å². The Morgan fingerprint density at radius 3 is 2.76 bits per heavy atom. The van der Waals surface area contributed by atoms with E-state index in [0.717, 1.165) is 13.0 Å². The van der Waals surface area contributed by atoms with Crippen molar-refractivity contribution in [2.24, 2.45) is 0 Å². The van der Waals surface area contributed by atoms with Crippen LogP contribution in [0.4, 0.5) is 5.69 Å². The summed E-state index contributed by atoms with van der Waals surface area (Å²) in [6.45, 7) is 6.90. The molecule has 1 nitrogen and oxygen atoms in total. The number of benzene rings is 1. The summed E-state index contributed by atoms with van der Waals surface area (Å²) in [4.78, 5) is 3.63. The van der Waals surface area contributed by atoms with Gasteiger partial charge in [0.05, 0.1) is 10.3 Å². The number of allylic oxidation sites excluding steroid dienone is 3. The van der Waals surface area contributed by atoms with Crippen LogP contribution in [0.1, 0.15) is 23.8 Å². The lowest BCUT2D eigenvalue weighted by molar-refractivity contribution is 0.940. The van der Waals surface area contributed by atoms with Crippen LogP contribution in [0.5, 0.6) is 0 Å².